The van der Waals surface area contributed by atoms with E-state index in [1.54, 1.807) is 0 Å². The molecule has 0 spiro atoms. The first kappa shape index (κ1) is 19.0. The summed E-state index contributed by atoms with van der Waals surface area (Å²) in [5.74, 6) is 0.260. The second-order valence-corrected chi connectivity index (χ2v) is 7.63. The molecule has 134 valence electrons. The predicted octanol–water partition coefficient (Wildman–Crippen LogP) is 5.13. The first-order chi connectivity index (χ1) is 11.4. The molecule has 2 rings (SSSR count). The van der Waals surface area contributed by atoms with E-state index in [0.29, 0.717) is 12.3 Å². The lowest BCUT2D eigenvalue weighted by atomic mass is 9.92. The Morgan fingerprint density at radius 2 is 2.04 bits per heavy atom. The molecule has 1 aliphatic heterocycles. The average molecular weight is 332 g/mol. The van der Waals surface area contributed by atoms with Crippen LogP contribution in [0.15, 0.2) is 34.9 Å². The summed E-state index contributed by atoms with van der Waals surface area (Å²) in [5.41, 5.74) is 3.56. The normalized spacial score (nSPS) is 28.9. The molecule has 24 heavy (non-hydrogen) atoms. The fourth-order valence-electron chi connectivity index (χ4n) is 3.37. The Morgan fingerprint density at radius 1 is 1.29 bits per heavy atom. The summed E-state index contributed by atoms with van der Waals surface area (Å²) < 4.78 is 10.9. The number of hydrogen-bond donors (Lipinski definition) is 0. The maximum Gasteiger partial charge on any atom is 0.333 e. The Kier molecular flexibility index (Phi) is 6.45. The standard InChI is InChI=1S/C21H32O3/c1-15(2)17-9-8-16(3)7-6-14-21(4)19(24-21)13-12-18(11-10-17)20(22)23-5/h7,10-11,15,19H,6,8-9,12-14H2,1-5H3. The monoisotopic (exact) mass is 332 g/mol. The molecule has 3 heteroatoms. The van der Waals surface area contributed by atoms with Gasteiger partial charge in [0.25, 0.3) is 0 Å². The van der Waals surface area contributed by atoms with Crippen LogP contribution in [-0.2, 0) is 14.3 Å². The smallest absolute Gasteiger partial charge is 0.333 e. The molecule has 3 nitrogen and oxygen atoms in total. The fraction of sp³-hybridized carbons (Fsp3) is 0.667. The molecule has 2 unspecified atom stereocenters. The van der Waals surface area contributed by atoms with E-state index in [1.807, 2.05) is 6.08 Å². The molecule has 0 amide bonds. The first-order valence-corrected chi connectivity index (χ1v) is 9.17. The lowest BCUT2D eigenvalue weighted by Crippen LogP contribution is -2.11. The Hall–Kier alpha value is -1.35. The van der Waals surface area contributed by atoms with Crippen molar-refractivity contribution in [3.63, 3.8) is 0 Å². The van der Waals surface area contributed by atoms with Crippen LogP contribution < -0.4 is 0 Å². The number of fused-ring (bicyclic) bond motifs is 1. The highest BCUT2D eigenvalue weighted by Gasteiger charge is 2.50. The molecule has 0 saturated carbocycles. The number of allylic oxidation sites excluding steroid dienone is 5. The summed E-state index contributed by atoms with van der Waals surface area (Å²) in [7, 11) is 1.45. The molecular weight excluding hydrogens is 300 g/mol. The largest absolute Gasteiger partial charge is 0.466 e. The van der Waals surface area contributed by atoms with Gasteiger partial charge in [0.05, 0.1) is 18.8 Å². The molecule has 0 aromatic heterocycles. The number of carbonyl (C=O) groups excluding carboxylic acids is 1. The molecule has 1 aliphatic carbocycles. The van der Waals surface area contributed by atoms with Gasteiger partial charge in [-0.25, -0.2) is 4.79 Å². The van der Waals surface area contributed by atoms with Crippen molar-refractivity contribution in [1.82, 2.24) is 0 Å². The van der Waals surface area contributed by atoms with Crippen LogP contribution in [0.2, 0.25) is 0 Å². The topological polar surface area (TPSA) is 38.8 Å². The van der Waals surface area contributed by atoms with Crippen LogP contribution in [-0.4, -0.2) is 24.8 Å². The van der Waals surface area contributed by atoms with Crippen LogP contribution in [0.25, 0.3) is 0 Å². The maximum atomic E-state index is 12.1. The van der Waals surface area contributed by atoms with E-state index < -0.39 is 0 Å². The Balaban J connectivity index is 2.23. The summed E-state index contributed by atoms with van der Waals surface area (Å²) in [5, 5.41) is 0. The third-order valence-electron chi connectivity index (χ3n) is 5.34. The molecule has 2 aliphatic rings. The summed E-state index contributed by atoms with van der Waals surface area (Å²) in [6.07, 6.45) is 12.6. The minimum Gasteiger partial charge on any atom is -0.466 e. The van der Waals surface area contributed by atoms with Gasteiger partial charge in [-0.3, -0.25) is 0 Å². The lowest BCUT2D eigenvalue weighted by molar-refractivity contribution is -0.136. The minimum atomic E-state index is -0.222. The highest BCUT2D eigenvalue weighted by atomic mass is 16.6. The number of epoxide rings is 1. The van der Waals surface area contributed by atoms with E-state index in [9.17, 15) is 4.79 Å². The highest BCUT2D eigenvalue weighted by molar-refractivity contribution is 5.88. The van der Waals surface area contributed by atoms with Crippen LogP contribution >= 0.6 is 0 Å². The minimum absolute atomic E-state index is 0.0128. The summed E-state index contributed by atoms with van der Waals surface area (Å²) in [6.45, 7) is 8.82. The summed E-state index contributed by atoms with van der Waals surface area (Å²) >= 11 is 0. The van der Waals surface area contributed by atoms with Gasteiger partial charge in [0.2, 0.25) is 0 Å². The van der Waals surface area contributed by atoms with Crippen molar-refractivity contribution < 1.29 is 14.3 Å². The van der Waals surface area contributed by atoms with Crippen molar-refractivity contribution in [2.75, 3.05) is 7.11 Å². The maximum absolute atomic E-state index is 12.1. The SMILES string of the molecule is COC(=O)C1=CC=C(C(C)C)CCC(C)=CCCC2(C)OC2CC1. The molecule has 0 aromatic carbocycles. The summed E-state index contributed by atoms with van der Waals surface area (Å²) in [6, 6.07) is 0. The third-order valence-corrected chi connectivity index (χ3v) is 5.34. The number of esters is 1. The van der Waals surface area contributed by atoms with Gasteiger partial charge >= 0.3 is 5.97 Å². The van der Waals surface area contributed by atoms with Gasteiger partial charge in [-0.15, -0.1) is 0 Å². The quantitative estimate of drug-likeness (QED) is 0.400. The van der Waals surface area contributed by atoms with Crippen molar-refractivity contribution in [3.05, 3.63) is 34.9 Å². The van der Waals surface area contributed by atoms with Crippen molar-refractivity contribution in [2.45, 2.75) is 77.9 Å². The number of methoxy groups -OCH3 is 1. The molecule has 1 fully saturated rings. The van der Waals surface area contributed by atoms with Gasteiger partial charge < -0.3 is 9.47 Å². The van der Waals surface area contributed by atoms with Crippen molar-refractivity contribution >= 4 is 5.97 Å². The van der Waals surface area contributed by atoms with E-state index in [2.05, 4.69) is 39.8 Å². The van der Waals surface area contributed by atoms with Crippen molar-refractivity contribution in [3.8, 4) is 0 Å². The second-order valence-electron chi connectivity index (χ2n) is 7.63. The van der Waals surface area contributed by atoms with Gasteiger partial charge in [-0.1, -0.05) is 43.2 Å². The zero-order chi connectivity index (χ0) is 17.7. The van der Waals surface area contributed by atoms with Crippen LogP contribution in [0.3, 0.4) is 0 Å². The lowest BCUT2D eigenvalue weighted by Gasteiger charge is -2.13. The van der Waals surface area contributed by atoms with E-state index >= 15 is 0 Å². The second kappa shape index (κ2) is 8.15. The fourth-order valence-corrected chi connectivity index (χ4v) is 3.37. The van der Waals surface area contributed by atoms with Crippen LogP contribution in [0.4, 0.5) is 0 Å². The molecule has 0 radical (unpaired) electrons. The van der Waals surface area contributed by atoms with Gasteiger partial charge in [-0.05, 0) is 58.3 Å². The van der Waals surface area contributed by atoms with Gasteiger partial charge in [-0.2, -0.15) is 0 Å². The van der Waals surface area contributed by atoms with Gasteiger partial charge in [0, 0.05) is 5.57 Å². The van der Waals surface area contributed by atoms with Crippen LogP contribution in [0, 0.1) is 5.92 Å². The molecular formula is C21H32O3. The molecule has 0 bridgehead atoms. The van der Waals surface area contributed by atoms with E-state index in [-0.39, 0.29) is 17.7 Å². The number of rotatable bonds is 2. The zero-order valence-corrected chi connectivity index (χ0v) is 15.9. The van der Waals surface area contributed by atoms with Gasteiger partial charge in [0.1, 0.15) is 0 Å². The average Bonchev–Trinajstić information content (AvgIpc) is 3.18. The summed E-state index contributed by atoms with van der Waals surface area (Å²) in [4.78, 5) is 12.1. The highest BCUT2D eigenvalue weighted by Crippen LogP contribution is 2.43. The van der Waals surface area contributed by atoms with Crippen LogP contribution in [0.1, 0.15) is 66.2 Å². The van der Waals surface area contributed by atoms with Crippen molar-refractivity contribution in [1.29, 1.82) is 0 Å². The van der Waals surface area contributed by atoms with E-state index in [4.69, 9.17) is 9.47 Å². The molecule has 0 N–H and O–H groups in total. The first-order valence-electron chi connectivity index (χ1n) is 9.17. The Morgan fingerprint density at radius 3 is 2.71 bits per heavy atom. The number of carbonyl (C=O) groups is 1. The number of ether oxygens (including phenoxy) is 2. The third kappa shape index (κ3) is 5.07. The van der Waals surface area contributed by atoms with E-state index in [1.165, 1.54) is 18.3 Å². The van der Waals surface area contributed by atoms with E-state index in [0.717, 1.165) is 37.7 Å². The Labute approximate surface area is 146 Å². The molecule has 1 heterocycles. The van der Waals surface area contributed by atoms with Crippen LogP contribution in [0.5, 0.6) is 0 Å². The predicted molar refractivity (Wildman–Crippen MR) is 97.8 cm³/mol. The molecule has 1 saturated heterocycles. The number of hydrogen-bond acceptors (Lipinski definition) is 3. The van der Waals surface area contributed by atoms with Crippen molar-refractivity contribution in [2.24, 2.45) is 5.92 Å². The zero-order valence-electron chi connectivity index (χ0n) is 15.9. The van der Waals surface area contributed by atoms with Gasteiger partial charge in [0.15, 0.2) is 0 Å². The molecule has 0 aromatic rings. The Bertz CT molecular complexity index is 553. The molecule has 2 atom stereocenters.